The third kappa shape index (κ3) is 8.96. The Balaban J connectivity index is 0.000000268. The molecular weight excluding hydrogens is 294 g/mol. The van der Waals surface area contributed by atoms with Crippen molar-refractivity contribution in [2.75, 3.05) is 13.7 Å². The van der Waals surface area contributed by atoms with E-state index in [2.05, 4.69) is 66.9 Å². The summed E-state index contributed by atoms with van der Waals surface area (Å²) in [5, 5.41) is 10.2. The molecule has 1 aliphatic rings. The largest absolute Gasteiger partial charge is 0.400 e. The number of hydrogen-bond acceptors (Lipinski definition) is 2. The van der Waals surface area contributed by atoms with E-state index in [1.165, 1.54) is 36.0 Å². The first-order valence-corrected chi connectivity index (χ1v) is 8.44. The van der Waals surface area contributed by atoms with Crippen molar-refractivity contribution in [1.29, 1.82) is 0 Å². The molecule has 1 heterocycles. The number of aliphatic hydroxyl groups excluding tert-OH is 1. The molecule has 2 heteroatoms. The normalized spacial score (nSPS) is 11.9. The minimum Gasteiger partial charge on any atom is -0.400 e. The molecule has 1 aliphatic heterocycles. The van der Waals surface area contributed by atoms with Crippen LogP contribution in [0.3, 0.4) is 0 Å². The lowest BCUT2D eigenvalue weighted by Gasteiger charge is -2.08. The van der Waals surface area contributed by atoms with Gasteiger partial charge < -0.3 is 10.4 Å². The van der Waals surface area contributed by atoms with Crippen molar-refractivity contribution in [2.24, 2.45) is 0 Å². The van der Waals surface area contributed by atoms with E-state index >= 15 is 0 Å². The topological polar surface area (TPSA) is 32.3 Å². The van der Waals surface area contributed by atoms with Gasteiger partial charge in [0.05, 0.1) is 0 Å². The van der Waals surface area contributed by atoms with Crippen molar-refractivity contribution in [2.45, 2.75) is 26.2 Å². The van der Waals surface area contributed by atoms with Crippen LogP contribution in [0.4, 0.5) is 0 Å². The zero-order valence-electron chi connectivity index (χ0n) is 14.8. The first kappa shape index (κ1) is 19.7. The quantitative estimate of drug-likeness (QED) is 0.858. The molecule has 2 aromatic rings. The van der Waals surface area contributed by atoms with Crippen LogP contribution in [0.2, 0.25) is 0 Å². The van der Waals surface area contributed by atoms with Crippen LogP contribution < -0.4 is 5.32 Å². The molecule has 3 rings (SSSR count). The maximum Gasteiger partial charge on any atom is 0.0330 e. The predicted molar refractivity (Wildman–Crippen MR) is 104 cm³/mol. The number of hydrogen-bond donors (Lipinski definition) is 2. The molecule has 2 N–H and O–H groups in total. The lowest BCUT2D eigenvalue weighted by Crippen LogP contribution is -2.08. The summed E-state index contributed by atoms with van der Waals surface area (Å²) < 4.78 is 0. The van der Waals surface area contributed by atoms with Crippen LogP contribution >= 0.6 is 0 Å². The van der Waals surface area contributed by atoms with Gasteiger partial charge in [-0.1, -0.05) is 72.3 Å². The molecule has 0 aliphatic carbocycles. The molecule has 2 aromatic carbocycles. The first-order chi connectivity index (χ1) is 11.8. The van der Waals surface area contributed by atoms with Gasteiger partial charge in [-0.3, -0.25) is 0 Å². The van der Waals surface area contributed by atoms with Gasteiger partial charge in [-0.05, 0) is 49.6 Å². The lowest BCUT2D eigenvalue weighted by molar-refractivity contribution is 0.399. The van der Waals surface area contributed by atoms with E-state index in [-0.39, 0.29) is 0 Å². The van der Waals surface area contributed by atoms with Crippen molar-refractivity contribution >= 4 is 0 Å². The van der Waals surface area contributed by atoms with E-state index in [1.807, 2.05) is 24.4 Å². The Morgan fingerprint density at radius 1 is 0.875 bits per heavy atom. The Kier molecular flexibility index (Phi) is 10.8. The molecule has 0 aromatic heterocycles. The minimum atomic E-state index is 0.983. The summed E-state index contributed by atoms with van der Waals surface area (Å²) in [5.74, 6) is 0. The number of rotatable bonds is 4. The Bertz CT molecular complexity index is 588. The van der Waals surface area contributed by atoms with Gasteiger partial charge in [-0.25, -0.2) is 0 Å². The summed E-state index contributed by atoms with van der Waals surface area (Å²) >= 11 is 0. The van der Waals surface area contributed by atoms with Crippen molar-refractivity contribution in [3.63, 3.8) is 0 Å². The standard InChI is InChI=1S/C14H17N.C7H8.CH4O/c1-2-5-13(6-3-1)7-4-8-14-9-11-15-12-10-14;1-7-5-3-2-4-6-7;1-2/h1-3,5-6,9-11,15H,4,7-8,12H2;2-6H,1H3;2H,1H3. The van der Waals surface area contributed by atoms with Crippen LogP contribution in [0.1, 0.15) is 24.0 Å². The lowest BCUT2D eigenvalue weighted by atomic mass is 10.0. The molecule has 0 spiro atoms. The van der Waals surface area contributed by atoms with Gasteiger partial charge >= 0.3 is 0 Å². The van der Waals surface area contributed by atoms with Gasteiger partial charge in [0.15, 0.2) is 0 Å². The highest BCUT2D eigenvalue weighted by Gasteiger charge is 1.97. The molecular formula is C22H29NO. The smallest absolute Gasteiger partial charge is 0.0330 e. The van der Waals surface area contributed by atoms with E-state index in [1.54, 1.807) is 0 Å². The second-order valence-corrected chi connectivity index (χ2v) is 5.51. The molecule has 0 fully saturated rings. The fourth-order valence-electron chi connectivity index (χ4n) is 2.35. The van der Waals surface area contributed by atoms with Gasteiger partial charge in [0.25, 0.3) is 0 Å². The van der Waals surface area contributed by atoms with E-state index < -0.39 is 0 Å². The van der Waals surface area contributed by atoms with E-state index in [0.717, 1.165) is 13.7 Å². The van der Waals surface area contributed by atoms with Crippen LogP contribution in [0.15, 0.2) is 84.6 Å². The molecule has 0 atom stereocenters. The second kappa shape index (κ2) is 13.1. The summed E-state index contributed by atoms with van der Waals surface area (Å²) in [7, 11) is 1.00. The summed E-state index contributed by atoms with van der Waals surface area (Å²) in [6.45, 7) is 3.07. The zero-order chi connectivity index (χ0) is 17.5. The molecule has 128 valence electrons. The third-order valence-corrected chi connectivity index (χ3v) is 3.61. The van der Waals surface area contributed by atoms with Gasteiger partial charge in [-0.2, -0.15) is 0 Å². The van der Waals surface area contributed by atoms with Crippen LogP contribution in [-0.4, -0.2) is 18.8 Å². The Hall–Kier alpha value is -2.32. The fourth-order valence-corrected chi connectivity index (χ4v) is 2.35. The second-order valence-electron chi connectivity index (χ2n) is 5.51. The number of nitrogens with one attached hydrogen (secondary N) is 1. The van der Waals surface area contributed by atoms with Crippen LogP contribution in [0.25, 0.3) is 0 Å². The van der Waals surface area contributed by atoms with Crippen molar-refractivity contribution in [1.82, 2.24) is 5.32 Å². The van der Waals surface area contributed by atoms with Crippen LogP contribution in [0.5, 0.6) is 0 Å². The maximum absolute atomic E-state index is 7.00. The number of aryl methyl sites for hydroxylation is 2. The fraction of sp³-hybridized carbons (Fsp3) is 0.273. The molecule has 2 nitrogen and oxygen atoms in total. The van der Waals surface area contributed by atoms with Gasteiger partial charge in [0.1, 0.15) is 0 Å². The van der Waals surface area contributed by atoms with Crippen molar-refractivity contribution in [3.05, 3.63) is 95.7 Å². The van der Waals surface area contributed by atoms with E-state index in [4.69, 9.17) is 5.11 Å². The zero-order valence-corrected chi connectivity index (χ0v) is 14.8. The van der Waals surface area contributed by atoms with Crippen molar-refractivity contribution < 1.29 is 5.11 Å². The van der Waals surface area contributed by atoms with Gasteiger partial charge in [0, 0.05) is 13.7 Å². The number of benzene rings is 2. The Morgan fingerprint density at radius 3 is 2.00 bits per heavy atom. The molecule has 24 heavy (non-hydrogen) atoms. The van der Waals surface area contributed by atoms with Crippen molar-refractivity contribution in [3.8, 4) is 0 Å². The molecule has 0 unspecified atom stereocenters. The van der Waals surface area contributed by atoms with Gasteiger partial charge in [0.2, 0.25) is 0 Å². The maximum atomic E-state index is 7.00. The number of allylic oxidation sites excluding steroid dienone is 2. The molecule has 0 saturated carbocycles. The van der Waals surface area contributed by atoms with Crippen LogP contribution in [0, 0.1) is 6.92 Å². The predicted octanol–water partition coefficient (Wildman–Crippen LogP) is 4.66. The Labute approximate surface area is 146 Å². The van der Waals surface area contributed by atoms with Gasteiger partial charge in [-0.15, -0.1) is 0 Å². The molecule has 0 saturated heterocycles. The van der Waals surface area contributed by atoms with E-state index in [0.29, 0.717) is 0 Å². The summed E-state index contributed by atoms with van der Waals surface area (Å²) in [4.78, 5) is 0. The summed E-state index contributed by atoms with van der Waals surface area (Å²) in [5.41, 5.74) is 4.23. The van der Waals surface area contributed by atoms with Crippen LogP contribution in [-0.2, 0) is 6.42 Å². The monoisotopic (exact) mass is 323 g/mol. The highest BCUT2D eigenvalue weighted by Crippen LogP contribution is 2.12. The summed E-state index contributed by atoms with van der Waals surface area (Å²) in [6, 6.07) is 21.0. The number of dihydropyridines is 1. The van der Waals surface area contributed by atoms with E-state index in [9.17, 15) is 0 Å². The average molecular weight is 323 g/mol. The minimum absolute atomic E-state index is 0.983. The first-order valence-electron chi connectivity index (χ1n) is 8.44. The average Bonchev–Trinajstić information content (AvgIpc) is 2.66. The summed E-state index contributed by atoms with van der Waals surface area (Å²) in [6.07, 6.45) is 10.1. The number of aliphatic hydroxyl groups is 1. The SMILES string of the molecule is C1=CC(CCCc2ccccc2)=CCN1.CO.Cc1ccccc1. The molecule has 0 bridgehead atoms. The highest BCUT2D eigenvalue weighted by atomic mass is 16.2. The highest BCUT2D eigenvalue weighted by molar-refractivity contribution is 5.22. The third-order valence-electron chi connectivity index (χ3n) is 3.61. The molecule has 0 radical (unpaired) electrons. The Morgan fingerprint density at radius 2 is 1.50 bits per heavy atom. The molecule has 0 amide bonds.